The zero-order valence-electron chi connectivity index (χ0n) is 6.93. The first-order valence-electron chi connectivity index (χ1n) is 4.79. The molecular formula is C10H16. The molecule has 0 nitrogen and oxygen atoms in total. The molecule has 2 bridgehead atoms. The number of rotatable bonds is 1. The molecule has 0 saturated heterocycles. The highest BCUT2D eigenvalue weighted by Gasteiger charge is 2.73. The zero-order valence-corrected chi connectivity index (χ0v) is 6.93. The molecule has 4 fully saturated rings. The van der Waals surface area contributed by atoms with E-state index in [0.717, 1.165) is 11.3 Å². The Morgan fingerprint density at radius 1 is 1.40 bits per heavy atom. The summed E-state index contributed by atoms with van der Waals surface area (Å²) in [7, 11) is 0. The lowest BCUT2D eigenvalue weighted by Crippen LogP contribution is -2.41. The largest absolute Gasteiger partial charge is 0.0648 e. The Hall–Kier alpha value is 0. The molecule has 0 aliphatic heterocycles. The van der Waals surface area contributed by atoms with Gasteiger partial charge < -0.3 is 0 Å². The molecule has 4 rings (SSSR count). The van der Waals surface area contributed by atoms with Crippen LogP contribution in [0.5, 0.6) is 0 Å². The first-order valence-corrected chi connectivity index (χ1v) is 4.79. The van der Waals surface area contributed by atoms with Crippen molar-refractivity contribution in [3.63, 3.8) is 0 Å². The molecule has 0 aromatic carbocycles. The van der Waals surface area contributed by atoms with Gasteiger partial charge in [0.15, 0.2) is 0 Å². The average Bonchev–Trinajstić information content (AvgIpc) is 2.61. The molecule has 4 aliphatic carbocycles. The Bertz CT molecular complexity index is 180. The molecule has 0 radical (unpaired) electrons. The van der Waals surface area contributed by atoms with Crippen LogP contribution in [0.15, 0.2) is 0 Å². The molecule has 5 unspecified atom stereocenters. The second-order valence-corrected chi connectivity index (χ2v) is 4.75. The van der Waals surface area contributed by atoms with Crippen LogP contribution in [0.4, 0.5) is 0 Å². The minimum Gasteiger partial charge on any atom is -0.0648 e. The van der Waals surface area contributed by atoms with Crippen molar-refractivity contribution in [1.29, 1.82) is 0 Å². The fraction of sp³-hybridized carbons (Fsp3) is 1.00. The van der Waals surface area contributed by atoms with Crippen molar-refractivity contribution >= 4 is 0 Å². The maximum Gasteiger partial charge on any atom is -0.0238 e. The van der Waals surface area contributed by atoms with E-state index in [0.29, 0.717) is 0 Å². The van der Waals surface area contributed by atoms with Gasteiger partial charge in [-0.1, -0.05) is 13.8 Å². The maximum absolute atomic E-state index is 2.49. The van der Waals surface area contributed by atoms with Gasteiger partial charge in [-0.05, 0) is 48.3 Å². The Morgan fingerprint density at radius 3 is 2.50 bits per heavy atom. The van der Waals surface area contributed by atoms with Crippen LogP contribution in [0, 0.1) is 29.1 Å². The third-order valence-electron chi connectivity index (χ3n) is 4.95. The Balaban J connectivity index is 1.98. The molecule has 5 atom stereocenters. The standard InChI is InChI=1S/C10H16/c1-3-10-5-8(6(10)2)7-4-9(7)10/h6-9H,3-5H2,1-2H3. The van der Waals surface area contributed by atoms with E-state index < -0.39 is 0 Å². The second-order valence-electron chi connectivity index (χ2n) is 4.75. The van der Waals surface area contributed by atoms with Crippen LogP contribution in [0.25, 0.3) is 0 Å². The number of hydrogen-bond acceptors (Lipinski definition) is 0. The van der Waals surface area contributed by atoms with Gasteiger partial charge in [0.05, 0.1) is 0 Å². The van der Waals surface area contributed by atoms with Crippen molar-refractivity contribution < 1.29 is 0 Å². The SMILES string of the molecule is CCC12CC(C3CC31)C2C. The molecular weight excluding hydrogens is 120 g/mol. The molecule has 0 aromatic heterocycles. The third-order valence-corrected chi connectivity index (χ3v) is 4.95. The van der Waals surface area contributed by atoms with Crippen LogP contribution in [0.1, 0.15) is 33.1 Å². The quantitative estimate of drug-likeness (QED) is 0.520. The molecule has 0 spiro atoms. The van der Waals surface area contributed by atoms with Crippen molar-refractivity contribution in [2.75, 3.05) is 0 Å². The fourth-order valence-electron chi connectivity index (χ4n) is 4.16. The summed E-state index contributed by atoms with van der Waals surface area (Å²) >= 11 is 0. The van der Waals surface area contributed by atoms with E-state index in [1.54, 1.807) is 12.8 Å². The summed E-state index contributed by atoms with van der Waals surface area (Å²) in [6.45, 7) is 4.89. The summed E-state index contributed by atoms with van der Waals surface area (Å²) in [4.78, 5) is 0. The van der Waals surface area contributed by atoms with Crippen molar-refractivity contribution in [3.05, 3.63) is 0 Å². The van der Waals surface area contributed by atoms with Gasteiger partial charge in [-0.15, -0.1) is 0 Å². The van der Waals surface area contributed by atoms with Crippen LogP contribution in [0.2, 0.25) is 0 Å². The predicted octanol–water partition coefficient (Wildman–Crippen LogP) is 2.69. The summed E-state index contributed by atoms with van der Waals surface area (Å²) in [6.07, 6.45) is 4.66. The lowest BCUT2D eigenvalue weighted by atomic mass is 9.56. The summed E-state index contributed by atoms with van der Waals surface area (Å²) in [5.41, 5.74) is 0.870. The van der Waals surface area contributed by atoms with E-state index in [4.69, 9.17) is 0 Å². The first kappa shape index (κ1) is 5.62. The van der Waals surface area contributed by atoms with Gasteiger partial charge in [-0.3, -0.25) is 0 Å². The van der Waals surface area contributed by atoms with E-state index in [-0.39, 0.29) is 0 Å². The molecule has 0 heteroatoms. The summed E-state index contributed by atoms with van der Waals surface area (Å²) in [6, 6.07) is 0. The average molecular weight is 136 g/mol. The normalized spacial score (nSPS) is 69.0. The Morgan fingerprint density at radius 2 is 2.20 bits per heavy atom. The molecule has 10 heavy (non-hydrogen) atoms. The van der Waals surface area contributed by atoms with Crippen LogP contribution in [-0.4, -0.2) is 0 Å². The summed E-state index contributed by atoms with van der Waals surface area (Å²) in [5.74, 6) is 4.67. The lowest BCUT2D eigenvalue weighted by Gasteiger charge is -2.49. The van der Waals surface area contributed by atoms with Gasteiger partial charge in [0.2, 0.25) is 0 Å². The molecule has 0 heterocycles. The number of hydrogen-bond donors (Lipinski definition) is 0. The molecule has 4 saturated carbocycles. The van der Waals surface area contributed by atoms with Gasteiger partial charge in [-0.2, -0.15) is 0 Å². The topological polar surface area (TPSA) is 0 Å². The second kappa shape index (κ2) is 1.31. The van der Waals surface area contributed by atoms with Gasteiger partial charge in [-0.25, -0.2) is 0 Å². The zero-order chi connectivity index (χ0) is 6.93. The summed E-state index contributed by atoms with van der Waals surface area (Å²) in [5, 5.41) is 0. The van der Waals surface area contributed by atoms with Gasteiger partial charge >= 0.3 is 0 Å². The van der Waals surface area contributed by atoms with E-state index >= 15 is 0 Å². The minimum atomic E-state index is 0.870. The van der Waals surface area contributed by atoms with Crippen LogP contribution < -0.4 is 0 Å². The Kier molecular flexibility index (Phi) is 0.735. The minimum absolute atomic E-state index is 0.870. The summed E-state index contributed by atoms with van der Waals surface area (Å²) < 4.78 is 0. The van der Waals surface area contributed by atoms with Crippen LogP contribution in [-0.2, 0) is 0 Å². The van der Waals surface area contributed by atoms with E-state index in [9.17, 15) is 0 Å². The highest BCUT2D eigenvalue weighted by atomic mass is 14.8. The van der Waals surface area contributed by atoms with Crippen LogP contribution in [0.3, 0.4) is 0 Å². The highest BCUT2D eigenvalue weighted by Crippen LogP contribution is 2.80. The monoisotopic (exact) mass is 136 g/mol. The molecule has 0 amide bonds. The van der Waals surface area contributed by atoms with E-state index in [1.165, 1.54) is 24.2 Å². The molecule has 0 N–H and O–H groups in total. The maximum atomic E-state index is 2.49. The smallest absolute Gasteiger partial charge is 0.0238 e. The third kappa shape index (κ3) is 0.339. The van der Waals surface area contributed by atoms with Crippen LogP contribution >= 0.6 is 0 Å². The Labute approximate surface area is 63.0 Å². The highest BCUT2D eigenvalue weighted by molar-refractivity contribution is 5.21. The van der Waals surface area contributed by atoms with Gasteiger partial charge in [0.25, 0.3) is 0 Å². The molecule has 56 valence electrons. The van der Waals surface area contributed by atoms with Crippen molar-refractivity contribution in [2.45, 2.75) is 33.1 Å². The van der Waals surface area contributed by atoms with Crippen molar-refractivity contribution in [1.82, 2.24) is 0 Å². The van der Waals surface area contributed by atoms with E-state index in [1.807, 2.05) is 0 Å². The van der Waals surface area contributed by atoms with Crippen molar-refractivity contribution in [2.24, 2.45) is 29.1 Å². The predicted molar refractivity (Wildman–Crippen MR) is 41.6 cm³/mol. The molecule has 4 aliphatic rings. The lowest BCUT2D eigenvalue weighted by molar-refractivity contribution is -0.000584. The van der Waals surface area contributed by atoms with Crippen molar-refractivity contribution in [3.8, 4) is 0 Å². The van der Waals surface area contributed by atoms with Gasteiger partial charge in [0.1, 0.15) is 0 Å². The van der Waals surface area contributed by atoms with E-state index in [2.05, 4.69) is 13.8 Å². The first-order chi connectivity index (χ1) is 4.79. The fourth-order valence-corrected chi connectivity index (χ4v) is 4.16. The van der Waals surface area contributed by atoms with Gasteiger partial charge in [0, 0.05) is 0 Å². The molecule has 0 aromatic rings.